The topological polar surface area (TPSA) is 69.4 Å². The highest BCUT2D eigenvalue weighted by molar-refractivity contribution is 7.90. The lowest BCUT2D eigenvalue weighted by molar-refractivity contribution is 0.184. The van der Waals surface area contributed by atoms with E-state index in [1.807, 2.05) is 0 Å². The number of sulfone groups is 1. The van der Waals surface area contributed by atoms with Gasteiger partial charge in [-0.2, -0.15) is 0 Å². The zero-order valence-electron chi connectivity index (χ0n) is 8.15. The van der Waals surface area contributed by atoms with Crippen LogP contribution in [0.4, 0.5) is 5.69 Å². The van der Waals surface area contributed by atoms with E-state index >= 15 is 0 Å². The predicted molar refractivity (Wildman–Crippen MR) is 54.7 cm³/mol. The number of hydrogen-bond acceptors (Lipinski definition) is 4. The smallest absolute Gasteiger partial charge is 0.177 e. The molecule has 0 fully saturated rings. The minimum Gasteiger partial charge on any atom is -0.398 e. The summed E-state index contributed by atoms with van der Waals surface area (Å²) in [6.07, 6.45) is 1.13. The number of methoxy groups -OCH3 is 1. The number of nitrogen functional groups attached to an aromatic ring is 1. The average Bonchev–Trinajstić information content (AvgIpc) is 2.07. The van der Waals surface area contributed by atoms with Crippen LogP contribution >= 0.6 is 0 Å². The first kappa shape index (κ1) is 11.0. The maximum Gasteiger partial charge on any atom is 0.177 e. The van der Waals surface area contributed by atoms with Crippen LogP contribution in [0.3, 0.4) is 0 Å². The molecule has 0 atom stereocenters. The molecule has 0 spiro atoms. The fraction of sp³-hybridized carbons (Fsp3) is 0.333. The molecule has 0 unspecified atom stereocenters. The van der Waals surface area contributed by atoms with E-state index in [2.05, 4.69) is 0 Å². The Hall–Kier alpha value is -1.07. The summed E-state index contributed by atoms with van der Waals surface area (Å²) in [5.74, 6) is 0. The number of ether oxygens (including phenoxy) is 1. The molecular formula is C9H13NO3S. The SMILES string of the molecule is COCc1ccc(N)c(S(C)(=O)=O)c1. The van der Waals surface area contributed by atoms with Crippen LogP contribution in [0, 0.1) is 0 Å². The number of nitrogens with two attached hydrogens (primary N) is 1. The molecule has 0 amide bonds. The summed E-state index contributed by atoms with van der Waals surface area (Å²) in [7, 11) is -1.70. The van der Waals surface area contributed by atoms with Crippen LogP contribution in [0.25, 0.3) is 0 Å². The van der Waals surface area contributed by atoms with Crippen LogP contribution in [0.2, 0.25) is 0 Å². The largest absolute Gasteiger partial charge is 0.398 e. The van der Waals surface area contributed by atoms with Gasteiger partial charge in [0.2, 0.25) is 0 Å². The Balaban J connectivity index is 3.22. The first-order valence-electron chi connectivity index (χ1n) is 4.02. The van der Waals surface area contributed by atoms with E-state index in [1.54, 1.807) is 19.2 Å². The number of rotatable bonds is 3. The monoisotopic (exact) mass is 215 g/mol. The van der Waals surface area contributed by atoms with E-state index < -0.39 is 9.84 Å². The molecule has 0 saturated heterocycles. The highest BCUT2D eigenvalue weighted by atomic mass is 32.2. The normalized spacial score (nSPS) is 11.6. The molecule has 0 aliphatic rings. The van der Waals surface area contributed by atoms with Crippen molar-refractivity contribution in [2.45, 2.75) is 11.5 Å². The van der Waals surface area contributed by atoms with E-state index in [4.69, 9.17) is 10.5 Å². The van der Waals surface area contributed by atoms with Crippen LogP contribution < -0.4 is 5.73 Å². The zero-order chi connectivity index (χ0) is 10.8. The van der Waals surface area contributed by atoms with Gasteiger partial charge < -0.3 is 10.5 Å². The highest BCUT2D eigenvalue weighted by Gasteiger charge is 2.11. The molecule has 5 heteroatoms. The van der Waals surface area contributed by atoms with Crippen molar-refractivity contribution in [3.63, 3.8) is 0 Å². The molecule has 14 heavy (non-hydrogen) atoms. The lowest BCUT2D eigenvalue weighted by Gasteiger charge is -2.06. The molecule has 0 aliphatic heterocycles. The fourth-order valence-electron chi connectivity index (χ4n) is 1.16. The summed E-state index contributed by atoms with van der Waals surface area (Å²) >= 11 is 0. The third-order valence-corrected chi connectivity index (χ3v) is 2.94. The average molecular weight is 215 g/mol. The molecule has 0 bridgehead atoms. The molecule has 0 heterocycles. The van der Waals surface area contributed by atoms with E-state index in [0.29, 0.717) is 6.61 Å². The van der Waals surface area contributed by atoms with Gasteiger partial charge in [-0.15, -0.1) is 0 Å². The maximum atomic E-state index is 11.3. The van der Waals surface area contributed by atoms with E-state index in [9.17, 15) is 8.42 Å². The highest BCUT2D eigenvalue weighted by Crippen LogP contribution is 2.19. The third kappa shape index (κ3) is 2.46. The van der Waals surface area contributed by atoms with Gasteiger partial charge in [0.05, 0.1) is 17.2 Å². The van der Waals surface area contributed by atoms with Crippen molar-refractivity contribution >= 4 is 15.5 Å². The second-order valence-corrected chi connectivity index (χ2v) is 5.06. The summed E-state index contributed by atoms with van der Waals surface area (Å²) in [6.45, 7) is 0.378. The second kappa shape index (κ2) is 3.98. The summed E-state index contributed by atoms with van der Waals surface area (Å²) in [5, 5.41) is 0. The Morgan fingerprint density at radius 1 is 1.43 bits per heavy atom. The molecule has 0 radical (unpaired) electrons. The molecule has 0 saturated carbocycles. The molecule has 1 aromatic rings. The first-order chi connectivity index (χ1) is 6.45. The van der Waals surface area contributed by atoms with Crippen molar-refractivity contribution in [1.29, 1.82) is 0 Å². The lowest BCUT2D eigenvalue weighted by Crippen LogP contribution is -2.03. The summed E-state index contributed by atoms with van der Waals surface area (Å²) < 4.78 is 27.5. The molecule has 0 aromatic heterocycles. The van der Waals surface area contributed by atoms with Crippen LogP contribution in [-0.4, -0.2) is 21.8 Å². The third-order valence-electron chi connectivity index (χ3n) is 1.79. The Labute approximate surface area is 83.6 Å². The van der Waals surface area contributed by atoms with E-state index in [0.717, 1.165) is 11.8 Å². The minimum atomic E-state index is -3.25. The molecule has 1 aromatic carbocycles. The van der Waals surface area contributed by atoms with Gasteiger partial charge in [-0.3, -0.25) is 0 Å². The van der Waals surface area contributed by atoms with Crippen molar-refractivity contribution in [3.8, 4) is 0 Å². The standard InChI is InChI=1S/C9H13NO3S/c1-13-6-7-3-4-8(10)9(5-7)14(2,11)12/h3-5H,6,10H2,1-2H3. The zero-order valence-corrected chi connectivity index (χ0v) is 8.97. The van der Waals surface area contributed by atoms with Crippen molar-refractivity contribution in [1.82, 2.24) is 0 Å². The molecule has 2 N–H and O–H groups in total. The van der Waals surface area contributed by atoms with Crippen LogP contribution in [0.15, 0.2) is 23.1 Å². The van der Waals surface area contributed by atoms with Gasteiger partial charge in [-0.25, -0.2) is 8.42 Å². The van der Waals surface area contributed by atoms with Gasteiger partial charge in [0.25, 0.3) is 0 Å². The Bertz CT molecular complexity index is 426. The summed E-state index contributed by atoms with van der Waals surface area (Å²) in [5.41, 5.74) is 6.62. The quantitative estimate of drug-likeness (QED) is 0.758. The molecule has 78 valence electrons. The Kier molecular flexibility index (Phi) is 3.13. The number of anilines is 1. The van der Waals surface area contributed by atoms with Gasteiger partial charge in [0.15, 0.2) is 9.84 Å². The van der Waals surface area contributed by atoms with Crippen molar-refractivity contribution in [2.75, 3.05) is 19.1 Å². The maximum absolute atomic E-state index is 11.3. The minimum absolute atomic E-state index is 0.159. The van der Waals surface area contributed by atoms with Gasteiger partial charge >= 0.3 is 0 Å². The van der Waals surface area contributed by atoms with E-state index in [1.165, 1.54) is 6.07 Å². The van der Waals surface area contributed by atoms with Crippen LogP contribution in [0.5, 0.6) is 0 Å². The first-order valence-corrected chi connectivity index (χ1v) is 5.91. The molecule has 1 rings (SSSR count). The lowest BCUT2D eigenvalue weighted by atomic mass is 10.2. The van der Waals surface area contributed by atoms with Crippen molar-refractivity contribution in [2.24, 2.45) is 0 Å². The van der Waals surface area contributed by atoms with Gasteiger partial charge in [-0.05, 0) is 17.7 Å². The summed E-state index contributed by atoms with van der Waals surface area (Å²) in [4.78, 5) is 0.159. The fourth-order valence-corrected chi connectivity index (χ4v) is 2.02. The van der Waals surface area contributed by atoms with Crippen molar-refractivity contribution < 1.29 is 13.2 Å². The molecule has 4 nitrogen and oxygen atoms in total. The number of benzene rings is 1. The van der Waals surface area contributed by atoms with Gasteiger partial charge in [0.1, 0.15) is 0 Å². The summed E-state index contributed by atoms with van der Waals surface area (Å²) in [6, 6.07) is 4.85. The van der Waals surface area contributed by atoms with Gasteiger partial charge in [0, 0.05) is 13.4 Å². The molecular weight excluding hydrogens is 202 g/mol. The predicted octanol–water partition coefficient (Wildman–Crippen LogP) is 0.819. The van der Waals surface area contributed by atoms with Crippen LogP contribution in [-0.2, 0) is 21.2 Å². The van der Waals surface area contributed by atoms with E-state index in [-0.39, 0.29) is 10.6 Å². The second-order valence-electron chi connectivity index (χ2n) is 3.08. The van der Waals surface area contributed by atoms with Crippen molar-refractivity contribution in [3.05, 3.63) is 23.8 Å². The number of hydrogen-bond donors (Lipinski definition) is 1. The Morgan fingerprint density at radius 3 is 2.57 bits per heavy atom. The van der Waals surface area contributed by atoms with Gasteiger partial charge in [-0.1, -0.05) is 6.07 Å². The molecule has 0 aliphatic carbocycles. The Morgan fingerprint density at radius 2 is 2.07 bits per heavy atom. The van der Waals surface area contributed by atoms with Crippen LogP contribution in [0.1, 0.15) is 5.56 Å².